The first-order valence-electron chi connectivity index (χ1n) is 12.6. The summed E-state index contributed by atoms with van der Waals surface area (Å²) < 4.78 is 13.7. The van der Waals surface area contributed by atoms with Gasteiger partial charge in [0.25, 0.3) is 0 Å². The fraction of sp³-hybridized carbons (Fsp3) is 0.586. The molecule has 2 aromatic rings. The van der Waals surface area contributed by atoms with Crippen LogP contribution in [0.15, 0.2) is 48.5 Å². The van der Waals surface area contributed by atoms with Crippen molar-refractivity contribution in [3.05, 3.63) is 70.5 Å². The van der Waals surface area contributed by atoms with Crippen LogP contribution < -0.4 is 0 Å². The van der Waals surface area contributed by atoms with E-state index in [4.69, 9.17) is 11.6 Å². The Labute approximate surface area is 193 Å². The van der Waals surface area contributed by atoms with Crippen LogP contribution >= 0.6 is 11.6 Å². The van der Waals surface area contributed by atoms with Gasteiger partial charge in [0.05, 0.1) is 5.02 Å². The van der Waals surface area contributed by atoms with Gasteiger partial charge in [-0.25, -0.2) is 4.39 Å². The lowest BCUT2D eigenvalue weighted by Gasteiger charge is -2.38. The van der Waals surface area contributed by atoms with Crippen molar-refractivity contribution in [2.24, 2.45) is 23.7 Å². The summed E-state index contributed by atoms with van der Waals surface area (Å²) in [4.78, 5) is 0. The highest BCUT2D eigenvalue weighted by Crippen LogP contribution is 2.44. The van der Waals surface area contributed by atoms with Gasteiger partial charge >= 0.3 is 0 Å². The Morgan fingerprint density at radius 2 is 1.45 bits per heavy atom. The predicted molar refractivity (Wildman–Crippen MR) is 130 cm³/mol. The Hall–Kier alpha value is -1.34. The van der Waals surface area contributed by atoms with E-state index in [0.29, 0.717) is 5.92 Å². The summed E-state index contributed by atoms with van der Waals surface area (Å²) in [5.41, 5.74) is 2.59. The lowest BCUT2D eigenvalue weighted by molar-refractivity contribution is 0.139. The van der Waals surface area contributed by atoms with E-state index in [9.17, 15) is 4.39 Å². The normalized spacial score (nSPS) is 27.7. The number of aryl methyl sites for hydroxylation is 1. The second kappa shape index (κ2) is 11.0. The molecule has 2 aliphatic carbocycles. The maximum Gasteiger partial charge on any atom is 0.142 e. The molecule has 31 heavy (non-hydrogen) atoms. The van der Waals surface area contributed by atoms with Gasteiger partial charge in [-0.1, -0.05) is 80.6 Å². The maximum absolute atomic E-state index is 13.7. The van der Waals surface area contributed by atoms with E-state index in [0.717, 1.165) is 35.7 Å². The van der Waals surface area contributed by atoms with Gasteiger partial charge in [-0.15, -0.1) is 0 Å². The van der Waals surface area contributed by atoms with Crippen LogP contribution in [0, 0.1) is 29.5 Å². The van der Waals surface area contributed by atoms with Crippen LogP contribution in [0.5, 0.6) is 0 Å². The molecule has 0 heterocycles. The van der Waals surface area contributed by atoms with Crippen molar-refractivity contribution >= 4 is 11.6 Å². The zero-order chi connectivity index (χ0) is 21.6. The molecule has 0 nitrogen and oxygen atoms in total. The molecule has 0 unspecified atom stereocenters. The second-order valence-electron chi connectivity index (χ2n) is 10.4. The van der Waals surface area contributed by atoms with Crippen LogP contribution in [0.4, 0.5) is 4.39 Å². The molecule has 0 aliphatic heterocycles. The van der Waals surface area contributed by atoms with Crippen LogP contribution in [0.1, 0.15) is 88.2 Å². The summed E-state index contributed by atoms with van der Waals surface area (Å²) in [5.74, 6) is 4.07. The molecule has 2 saturated carbocycles. The summed E-state index contributed by atoms with van der Waals surface area (Å²) >= 11 is 5.81. The molecule has 0 N–H and O–H groups in total. The van der Waals surface area contributed by atoms with Gasteiger partial charge in [0, 0.05) is 0 Å². The zero-order valence-corrected chi connectivity index (χ0v) is 19.8. The second-order valence-corrected chi connectivity index (χ2v) is 10.8. The third kappa shape index (κ3) is 6.35. The number of halogens is 2. The quantitative estimate of drug-likeness (QED) is 0.402. The van der Waals surface area contributed by atoms with Crippen LogP contribution in [-0.2, 0) is 6.42 Å². The number of rotatable bonds is 7. The maximum atomic E-state index is 13.7. The molecule has 1 atom stereocenters. The molecule has 0 amide bonds. The fourth-order valence-corrected chi connectivity index (χ4v) is 6.44. The molecule has 2 fully saturated rings. The van der Waals surface area contributed by atoms with Gasteiger partial charge < -0.3 is 0 Å². The minimum atomic E-state index is -0.281. The van der Waals surface area contributed by atoms with Crippen molar-refractivity contribution in [3.63, 3.8) is 0 Å². The Bertz CT molecular complexity index is 801. The third-order valence-corrected chi connectivity index (χ3v) is 8.64. The topological polar surface area (TPSA) is 0 Å². The lowest BCUT2D eigenvalue weighted by atomic mass is 9.67. The number of hydrogen-bond donors (Lipinski definition) is 0. The van der Waals surface area contributed by atoms with Crippen LogP contribution in [0.3, 0.4) is 0 Å². The van der Waals surface area contributed by atoms with E-state index in [2.05, 4.69) is 37.3 Å². The molecule has 0 spiro atoms. The van der Waals surface area contributed by atoms with Gasteiger partial charge in [-0.2, -0.15) is 0 Å². The molecule has 4 rings (SSSR count). The zero-order valence-electron chi connectivity index (χ0n) is 19.0. The number of benzene rings is 2. The highest BCUT2D eigenvalue weighted by molar-refractivity contribution is 6.30. The Morgan fingerprint density at radius 1 is 0.839 bits per heavy atom. The molecule has 168 valence electrons. The molecule has 0 radical (unpaired) electrons. The van der Waals surface area contributed by atoms with E-state index in [1.165, 1.54) is 69.8 Å². The molecule has 0 aromatic heterocycles. The Morgan fingerprint density at radius 3 is 2.06 bits per heavy atom. The first-order chi connectivity index (χ1) is 15.1. The SMILES string of the molecule is C[C@H](CC1CCC(C2CCC(CCc3ccc(Cl)c(F)c3)CC2)CC1)c1ccccc1. The summed E-state index contributed by atoms with van der Waals surface area (Å²) in [5, 5.41) is 0.230. The average molecular weight is 441 g/mol. The van der Waals surface area contributed by atoms with Gasteiger partial charge in [-0.3, -0.25) is 0 Å². The van der Waals surface area contributed by atoms with Gasteiger partial charge in [0.15, 0.2) is 0 Å². The van der Waals surface area contributed by atoms with Crippen LogP contribution in [0.2, 0.25) is 5.02 Å². The molecule has 2 aliphatic rings. The molecular formula is C29H38ClF. The largest absolute Gasteiger partial charge is 0.205 e. The van der Waals surface area contributed by atoms with E-state index >= 15 is 0 Å². The predicted octanol–water partition coefficient (Wildman–Crippen LogP) is 9.22. The minimum Gasteiger partial charge on any atom is -0.205 e. The number of hydrogen-bond acceptors (Lipinski definition) is 0. The van der Waals surface area contributed by atoms with Crippen LogP contribution in [-0.4, -0.2) is 0 Å². The smallest absolute Gasteiger partial charge is 0.142 e. The first-order valence-corrected chi connectivity index (χ1v) is 12.9. The molecule has 2 aromatic carbocycles. The molecular weight excluding hydrogens is 403 g/mol. The van der Waals surface area contributed by atoms with E-state index < -0.39 is 0 Å². The summed E-state index contributed by atoms with van der Waals surface area (Å²) in [6.07, 6.45) is 14.9. The van der Waals surface area contributed by atoms with Crippen molar-refractivity contribution in [2.75, 3.05) is 0 Å². The monoisotopic (exact) mass is 440 g/mol. The third-order valence-electron chi connectivity index (χ3n) is 8.33. The van der Waals surface area contributed by atoms with Crippen molar-refractivity contribution in [1.29, 1.82) is 0 Å². The summed E-state index contributed by atoms with van der Waals surface area (Å²) in [6.45, 7) is 2.40. The highest BCUT2D eigenvalue weighted by atomic mass is 35.5. The summed E-state index contributed by atoms with van der Waals surface area (Å²) in [6, 6.07) is 16.3. The summed E-state index contributed by atoms with van der Waals surface area (Å²) in [7, 11) is 0. The highest BCUT2D eigenvalue weighted by Gasteiger charge is 2.31. The van der Waals surface area contributed by atoms with Crippen molar-refractivity contribution in [2.45, 2.75) is 83.5 Å². The lowest BCUT2D eigenvalue weighted by Crippen LogP contribution is -2.26. The molecule has 2 heteroatoms. The van der Waals surface area contributed by atoms with E-state index in [1.807, 2.05) is 6.07 Å². The Balaban J connectivity index is 1.16. The van der Waals surface area contributed by atoms with Crippen LogP contribution in [0.25, 0.3) is 0 Å². The van der Waals surface area contributed by atoms with Crippen molar-refractivity contribution in [3.8, 4) is 0 Å². The van der Waals surface area contributed by atoms with E-state index in [1.54, 1.807) is 12.1 Å². The molecule has 0 saturated heterocycles. The molecule has 0 bridgehead atoms. The van der Waals surface area contributed by atoms with E-state index in [-0.39, 0.29) is 10.8 Å². The first kappa shape index (κ1) is 22.8. The Kier molecular flexibility index (Phi) is 8.10. The minimum absolute atomic E-state index is 0.230. The van der Waals surface area contributed by atoms with Gasteiger partial charge in [-0.05, 0) is 97.8 Å². The van der Waals surface area contributed by atoms with Gasteiger partial charge in [0.1, 0.15) is 5.82 Å². The van der Waals surface area contributed by atoms with Gasteiger partial charge in [0.2, 0.25) is 0 Å². The van der Waals surface area contributed by atoms with Crippen molar-refractivity contribution in [1.82, 2.24) is 0 Å². The standard InChI is InChI=1S/C29H38ClF/c1-21(25-5-3-2-4-6-25)19-23-11-16-27(17-12-23)26-14-9-22(10-15-26)7-8-24-13-18-28(30)29(31)20-24/h2-6,13,18,20-23,26-27H,7-12,14-17,19H2,1H3/t21-,22?,23?,26?,27?/m1/s1. The average Bonchev–Trinajstić information content (AvgIpc) is 2.81. The van der Waals surface area contributed by atoms with Crippen molar-refractivity contribution < 1.29 is 4.39 Å². The fourth-order valence-electron chi connectivity index (χ4n) is 6.33.